The number of aryl methyl sites for hydroxylation is 2. The Kier molecular flexibility index (Phi) is 3.96. The molecular formula is C11H13ClO2. The average Bonchev–Trinajstić information content (AvgIpc) is 2.18. The van der Waals surface area contributed by atoms with Crippen LogP contribution in [-0.2, 0) is 11.2 Å². The molecule has 14 heavy (non-hydrogen) atoms. The number of ether oxygens (including phenoxy) is 1. The normalized spacial score (nSPS) is 9.93. The minimum atomic E-state index is 0.492. The summed E-state index contributed by atoms with van der Waals surface area (Å²) < 4.78 is 5.18. The zero-order valence-corrected chi connectivity index (χ0v) is 9.10. The fourth-order valence-corrected chi connectivity index (χ4v) is 1.74. The highest BCUT2D eigenvalue weighted by Gasteiger charge is 2.08. The van der Waals surface area contributed by atoms with Gasteiger partial charge in [0.15, 0.2) is 0 Å². The van der Waals surface area contributed by atoms with Crippen LogP contribution in [0, 0.1) is 6.92 Å². The van der Waals surface area contributed by atoms with E-state index in [0.717, 1.165) is 17.4 Å². The van der Waals surface area contributed by atoms with E-state index in [4.69, 9.17) is 16.3 Å². The molecule has 0 saturated heterocycles. The minimum absolute atomic E-state index is 0.492. The largest absolute Gasteiger partial charge is 0.495 e. The van der Waals surface area contributed by atoms with E-state index in [1.807, 2.05) is 19.1 Å². The molecule has 0 aromatic heterocycles. The maximum atomic E-state index is 10.2. The van der Waals surface area contributed by atoms with Crippen molar-refractivity contribution in [2.75, 3.05) is 7.11 Å². The van der Waals surface area contributed by atoms with Crippen molar-refractivity contribution in [2.24, 2.45) is 0 Å². The predicted molar refractivity (Wildman–Crippen MR) is 57.1 cm³/mol. The lowest BCUT2D eigenvalue weighted by atomic mass is 10.1. The van der Waals surface area contributed by atoms with Gasteiger partial charge in [0.1, 0.15) is 12.0 Å². The van der Waals surface area contributed by atoms with E-state index in [0.29, 0.717) is 23.6 Å². The average molecular weight is 213 g/mol. The van der Waals surface area contributed by atoms with Crippen LogP contribution in [0.1, 0.15) is 17.5 Å². The molecule has 0 heterocycles. The molecular weight excluding hydrogens is 200 g/mol. The summed E-state index contributed by atoms with van der Waals surface area (Å²) in [5.74, 6) is 0.704. The summed E-state index contributed by atoms with van der Waals surface area (Å²) in [6, 6.07) is 3.88. The van der Waals surface area contributed by atoms with Gasteiger partial charge in [-0.15, -0.1) is 0 Å². The lowest BCUT2D eigenvalue weighted by Crippen LogP contribution is -1.94. The summed E-state index contributed by atoms with van der Waals surface area (Å²) in [4.78, 5) is 10.2. The Bertz CT molecular complexity index is 334. The zero-order chi connectivity index (χ0) is 10.6. The molecule has 0 amide bonds. The third-order valence-corrected chi connectivity index (χ3v) is 2.52. The number of aldehydes is 1. The molecule has 0 N–H and O–H groups in total. The molecule has 0 saturated carbocycles. The third kappa shape index (κ3) is 2.26. The first-order valence-corrected chi connectivity index (χ1v) is 4.84. The molecule has 0 unspecified atom stereocenters. The minimum Gasteiger partial charge on any atom is -0.495 e. The summed E-state index contributed by atoms with van der Waals surface area (Å²) in [6.45, 7) is 1.94. The fourth-order valence-electron chi connectivity index (χ4n) is 1.35. The Morgan fingerprint density at radius 2 is 2.21 bits per heavy atom. The molecule has 1 aromatic carbocycles. The molecule has 0 radical (unpaired) electrons. The van der Waals surface area contributed by atoms with Crippen LogP contribution in [0.4, 0.5) is 0 Å². The first-order valence-electron chi connectivity index (χ1n) is 4.46. The summed E-state index contributed by atoms with van der Waals surface area (Å²) in [6.07, 6.45) is 2.05. The van der Waals surface area contributed by atoms with Gasteiger partial charge >= 0.3 is 0 Å². The van der Waals surface area contributed by atoms with E-state index in [9.17, 15) is 4.79 Å². The Balaban J connectivity index is 3.01. The molecule has 0 aliphatic carbocycles. The molecule has 3 heteroatoms. The Hall–Kier alpha value is -1.02. The summed E-state index contributed by atoms with van der Waals surface area (Å²) in [7, 11) is 1.59. The second kappa shape index (κ2) is 5.01. The molecule has 1 aromatic rings. The molecule has 0 fully saturated rings. The number of carbonyl (C=O) groups is 1. The number of benzene rings is 1. The summed E-state index contributed by atoms with van der Waals surface area (Å²) in [5.41, 5.74) is 1.97. The van der Waals surface area contributed by atoms with E-state index in [-0.39, 0.29) is 0 Å². The van der Waals surface area contributed by atoms with Crippen LogP contribution < -0.4 is 4.74 Å². The third-order valence-electron chi connectivity index (χ3n) is 2.11. The zero-order valence-electron chi connectivity index (χ0n) is 8.34. The van der Waals surface area contributed by atoms with Crippen molar-refractivity contribution in [2.45, 2.75) is 19.8 Å². The Morgan fingerprint density at radius 3 is 2.79 bits per heavy atom. The van der Waals surface area contributed by atoms with Crippen molar-refractivity contribution in [1.29, 1.82) is 0 Å². The number of hydrogen-bond acceptors (Lipinski definition) is 2. The molecule has 76 valence electrons. The van der Waals surface area contributed by atoms with Crippen LogP contribution in [0.15, 0.2) is 12.1 Å². The summed E-state index contributed by atoms with van der Waals surface area (Å²) in [5, 5.41) is 0.620. The number of halogens is 1. The molecule has 0 spiro atoms. The van der Waals surface area contributed by atoms with Gasteiger partial charge in [-0.05, 0) is 24.5 Å². The maximum Gasteiger partial charge on any atom is 0.140 e. The highest BCUT2D eigenvalue weighted by atomic mass is 35.5. The van der Waals surface area contributed by atoms with Gasteiger partial charge in [-0.3, -0.25) is 0 Å². The fraction of sp³-hybridized carbons (Fsp3) is 0.364. The van der Waals surface area contributed by atoms with E-state index in [1.165, 1.54) is 0 Å². The first kappa shape index (κ1) is 11.1. The molecule has 0 aliphatic rings. The Labute approximate surface area is 88.8 Å². The van der Waals surface area contributed by atoms with Gasteiger partial charge in [-0.2, -0.15) is 0 Å². The van der Waals surface area contributed by atoms with Crippen molar-refractivity contribution in [3.63, 3.8) is 0 Å². The Morgan fingerprint density at radius 1 is 1.50 bits per heavy atom. The van der Waals surface area contributed by atoms with Gasteiger partial charge in [-0.1, -0.05) is 23.7 Å². The molecule has 2 nitrogen and oxygen atoms in total. The van der Waals surface area contributed by atoms with Crippen molar-refractivity contribution in [3.8, 4) is 5.75 Å². The van der Waals surface area contributed by atoms with Crippen LogP contribution in [0.25, 0.3) is 0 Å². The van der Waals surface area contributed by atoms with Crippen molar-refractivity contribution < 1.29 is 9.53 Å². The smallest absolute Gasteiger partial charge is 0.140 e. The lowest BCUT2D eigenvalue weighted by molar-refractivity contribution is -0.107. The van der Waals surface area contributed by atoms with Crippen molar-refractivity contribution in [3.05, 3.63) is 28.3 Å². The quantitative estimate of drug-likeness (QED) is 0.718. The van der Waals surface area contributed by atoms with Crippen LogP contribution in [0.2, 0.25) is 5.02 Å². The lowest BCUT2D eigenvalue weighted by Gasteiger charge is -2.10. The highest BCUT2D eigenvalue weighted by molar-refractivity contribution is 6.33. The topological polar surface area (TPSA) is 26.3 Å². The molecule has 0 bridgehead atoms. The van der Waals surface area contributed by atoms with E-state index >= 15 is 0 Å². The highest BCUT2D eigenvalue weighted by Crippen LogP contribution is 2.31. The van der Waals surface area contributed by atoms with Gasteiger partial charge in [0.25, 0.3) is 0 Å². The van der Waals surface area contributed by atoms with E-state index < -0.39 is 0 Å². The number of methoxy groups -OCH3 is 1. The summed E-state index contributed by atoms with van der Waals surface area (Å²) >= 11 is 6.11. The van der Waals surface area contributed by atoms with Crippen molar-refractivity contribution >= 4 is 17.9 Å². The SMILES string of the molecule is COc1c(C)ccc(CCC=O)c1Cl. The second-order valence-corrected chi connectivity index (χ2v) is 3.47. The van der Waals surface area contributed by atoms with Gasteiger partial charge in [0.2, 0.25) is 0 Å². The predicted octanol–water partition coefficient (Wildman–Crippen LogP) is 2.79. The number of rotatable bonds is 4. The monoisotopic (exact) mass is 212 g/mol. The maximum absolute atomic E-state index is 10.2. The standard InChI is InChI=1S/C11H13ClO2/c1-8-5-6-9(4-3-7-13)10(12)11(8)14-2/h5-7H,3-4H2,1-2H3. The van der Waals surface area contributed by atoms with Crippen LogP contribution in [0.3, 0.4) is 0 Å². The van der Waals surface area contributed by atoms with Crippen LogP contribution in [-0.4, -0.2) is 13.4 Å². The number of carbonyl (C=O) groups excluding carboxylic acids is 1. The molecule has 0 atom stereocenters. The van der Waals surface area contributed by atoms with Gasteiger partial charge in [-0.25, -0.2) is 0 Å². The van der Waals surface area contributed by atoms with Crippen molar-refractivity contribution in [1.82, 2.24) is 0 Å². The first-order chi connectivity index (χ1) is 6.70. The number of hydrogen-bond donors (Lipinski definition) is 0. The van der Waals surface area contributed by atoms with Gasteiger partial charge in [0.05, 0.1) is 12.1 Å². The van der Waals surface area contributed by atoms with Crippen LogP contribution >= 0.6 is 11.6 Å². The second-order valence-electron chi connectivity index (χ2n) is 3.09. The van der Waals surface area contributed by atoms with E-state index in [2.05, 4.69) is 0 Å². The van der Waals surface area contributed by atoms with E-state index in [1.54, 1.807) is 7.11 Å². The van der Waals surface area contributed by atoms with Gasteiger partial charge in [0, 0.05) is 6.42 Å². The molecule has 1 rings (SSSR count). The van der Waals surface area contributed by atoms with Crippen LogP contribution in [0.5, 0.6) is 5.75 Å². The molecule has 0 aliphatic heterocycles. The van der Waals surface area contributed by atoms with Gasteiger partial charge < -0.3 is 9.53 Å².